The molecule has 1 rings (SSSR count). The van der Waals surface area contributed by atoms with E-state index in [4.69, 9.17) is 0 Å². The highest BCUT2D eigenvalue weighted by Crippen LogP contribution is 2.06. The summed E-state index contributed by atoms with van der Waals surface area (Å²) in [5.41, 5.74) is 2.52. The first-order valence-electron chi connectivity index (χ1n) is 4.08. The van der Waals surface area contributed by atoms with Crippen molar-refractivity contribution in [1.82, 2.24) is 4.90 Å². The Morgan fingerprint density at radius 1 is 1.42 bits per heavy atom. The van der Waals surface area contributed by atoms with Crippen LogP contribution in [0.5, 0.6) is 0 Å². The highest BCUT2D eigenvalue weighted by atomic mass is 15.0. The lowest BCUT2D eigenvalue weighted by molar-refractivity contribution is -0.504. The fourth-order valence-corrected chi connectivity index (χ4v) is 1.18. The van der Waals surface area contributed by atoms with Crippen LogP contribution >= 0.6 is 0 Å². The van der Waals surface area contributed by atoms with Crippen molar-refractivity contribution in [3.05, 3.63) is 36.9 Å². The third-order valence-corrected chi connectivity index (χ3v) is 1.69. The second-order valence-electron chi connectivity index (χ2n) is 3.19. The van der Waals surface area contributed by atoms with Crippen LogP contribution in [0.25, 0.3) is 0 Å². The normalized spacial score (nSPS) is 10.7. The van der Waals surface area contributed by atoms with E-state index in [2.05, 4.69) is 50.3 Å². The van der Waals surface area contributed by atoms with Crippen molar-refractivity contribution in [3.8, 4) is 0 Å². The van der Waals surface area contributed by atoms with E-state index in [0.29, 0.717) is 0 Å². The van der Waals surface area contributed by atoms with Gasteiger partial charge in [-0.05, 0) is 25.7 Å². The average molecular weight is 164 g/mol. The van der Waals surface area contributed by atoms with Gasteiger partial charge in [0.25, 0.3) is 0 Å². The molecule has 0 atom stereocenters. The predicted molar refractivity (Wildman–Crippen MR) is 50.8 cm³/mol. The number of nitrogens with zero attached hydrogens (tertiary/aromatic N) is 1. The van der Waals surface area contributed by atoms with E-state index in [1.165, 1.54) is 11.3 Å². The van der Waals surface area contributed by atoms with E-state index in [-0.39, 0.29) is 0 Å². The van der Waals surface area contributed by atoms with Gasteiger partial charge in [-0.1, -0.05) is 12.1 Å². The van der Waals surface area contributed by atoms with Gasteiger partial charge in [0.05, 0.1) is 0 Å². The van der Waals surface area contributed by atoms with Crippen molar-refractivity contribution in [2.75, 3.05) is 14.1 Å². The zero-order valence-electron chi connectivity index (χ0n) is 7.75. The minimum Gasteiger partial charge on any atom is -0.446 e. The van der Waals surface area contributed by atoms with Crippen LogP contribution in [0.15, 0.2) is 24.3 Å². The summed E-state index contributed by atoms with van der Waals surface area (Å²) in [4.78, 5) is 2.15. The van der Waals surface area contributed by atoms with Gasteiger partial charge in [-0.15, -0.1) is 7.05 Å². The first kappa shape index (κ1) is 9.23. The summed E-state index contributed by atoms with van der Waals surface area (Å²) in [6, 6.07) is 8.42. The maximum Gasteiger partial charge on any atom is 0.103 e. The molecular weight excluding hydrogens is 148 g/mol. The van der Waals surface area contributed by atoms with Gasteiger partial charge in [0.2, 0.25) is 0 Å². The Balaban J connectivity index is 2.72. The number of quaternary nitrogens is 1. The Bertz CT molecular complexity index is 243. The highest BCUT2D eigenvalue weighted by molar-refractivity contribution is 5.33. The third-order valence-electron chi connectivity index (χ3n) is 1.69. The number of nitrogens with two attached hydrogens (primary N) is 1. The summed E-state index contributed by atoms with van der Waals surface area (Å²) in [6.07, 6.45) is 0. The molecule has 66 valence electrons. The molecule has 0 aliphatic heterocycles. The Hall–Kier alpha value is -0.860. The van der Waals surface area contributed by atoms with Gasteiger partial charge in [0.1, 0.15) is 5.69 Å². The van der Waals surface area contributed by atoms with Crippen molar-refractivity contribution in [2.45, 2.75) is 6.54 Å². The number of benzene rings is 1. The maximum atomic E-state index is 3.74. The molecule has 0 heterocycles. The van der Waals surface area contributed by atoms with Crippen molar-refractivity contribution in [3.63, 3.8) is 0 Å². The molecule has 0 aromatic heterocycles. The third kappa shape index (κ3) is 2.64. The molecule has 0 amide bonds. The van der Waals surface area contributed by atoms with Crippen molar-refractivity contribution >= 4 is 5.69 Å². The van der Waals surface area contributed by atoms with Gasteiger partial charge in [-0.2, -0.15) is 0 Å². The first-order valence-corrected chi connectivity index (χ1v) is 4.08. The second-order valence-corrected chi connectivity index (χ2v) is 3.19. The molecule has 1 aromatic carbocycles. The van der Waals surface area contributed by atoms with E-state index in [9.17, 15) is 0 Å². The number of rotatable bonds is 3. The molecule has 0 radical (unpaired) electrons. The number of hydrogen-bond acceptors (Lipinski definition) is 1. The van der Waals surface area contributed by atoms with E-state index < -0.39 is 0 Å². The molecule has 2 N–H and O–H groups in total. The Labute approximate surface area is 74.2 Å². The molecule has 12 heavy (non-hydrogen) atoms. The summed E-state index contributed by atoms with van der Waals surface area (Å²) in [7, 11) is 7.88. The fourth-order valence-electron chi connectivity index (χ4n) is 1.18. The van der Waals surface area contributed by atoms with E-state index in [1.807, 2.05) is 5.32 Å². The van der Waals surface area contributed by atoms with Crippen molar-refractivity contribution in [2.24, 2.45) is 0 Å². The summed E-state index contributed by atoms with van der Waals surface area (Å²) >= 11 is 0. The predicted octanol–water partition coefficient (Wildman–Crippen LogP) is 0.735. The molecule has 1 aromatic rings. The summed E-state index contributed by atoms with van der Waals surface area (Å²) in [6.45, 7) is 0.988. The lowest BCUT2D eigenvalue weighted by Crippen LogP contribution is -2.69. The zero-order chi connectivity index (χ0) is 8.97. The average Bonchev–Trinajstić information content (AvgIpc) is 2.03. The van der Waals surface area contributed by atoms with Crippen LogP contribution in [0.2, 0.25) is 0 Å². The molecule has 2 heteroatoms. The largest absolute Gasteiger partial charge is 0.446 e. The molecule has 0 fully saturated rings. The monoisotopic (exact) mass is 164 g/mol. The van der Waals surface area contributed by atoms with Crippen LogP contribution in [-0.4, -0.2) is 19.0 Å². The summed E-state index contributed by atoms with van der Waals surface area (Å²) in [5.74, 6) is 0. The van der Waals surface area contributed by atoms with Crippen LogP contribution in [0, 0.1) is 7.05 Å². The summed E-state index contributed by atoms with van der Waals surface area (Å²) in [5, 5.41) is 1.87. The molecule has 0 bridgehead atoms. The van der Waals surface area contributed by atoms with Gasteiger partial charge in [-0.3, -0.25) is 0 Å². The lowest BCUT2D eigenvalue weighted by atomic mass is 10.2. The van der Waals surface area contributed by atoms with Crippen LogP contribution in [0.1, 0.15) is 5.56 Å². The van der Waals surface area contributed by atoms with E-state index in [1.54, 1.807) is 0 Å². The molecule has 2 nitrogen and oxygen atoms in total. The van der Waals surface area contributed by atoms with Crippen molar-refractivity contribution < 1.29 is 5.32 Å². The topological polar surface area (TPSA) is 19.9 Å². The highest BCUT2D eigenvalue weighted by Gasteiger charge is 1.96. The quantitative estimate of drug-likeness (QED) is 0.516. The van der Waals surface area contributed by atoms with Gasteiger partial charge in [-0.25, -0.2) is 0 Å². The molecule has 0 saturated heterocycles. The molecule has 0 saturated carbocycles. The second kappa shape index (κ2) is 4.24. The van der Waals surface area contributed by atoms with Gasteiger partial charge in [0.15, 0.2) is 0 Å². The molecule has 0 aliphatic carbocycles. The van der Waals surface area contributed by atoms with Crippen LogP contribution in [0.4, 0.5) is 5.69 Å². The Morgan fingerprint density at radius 2 is 2.17 bits per heavy atom. The van der Waals surface area contributed by atoms with E-state index >= 15 is 0 Å². The molecular formula is C10H16N2. The minimum absolute atomic E-state index is 0.988. The standard InChI is InChI=1S/C10H16N2/c1-11-10-6-4-5-9(7-10)8-12(2)3/h4-7H,1,8,11H2,2-3H3. The van der Waals surface area contributed by atoms with Gasteiger partial charge < -0.3 is 10.2 Å². The van der Waals surface area contributed by atoms with Gasteiger partial charge in [0, 0.05) is 12.6 Å². The smallest absolute Gasteiger partial charge is 0.103 e. The zero-order valence-corrected chi connectivity index (χ0v) is 7.75. The van der Waals surface area contributed by atoms with Crippen LogP contribution in [-0.2, 0) is 6.54 Å². The summed E-state index contributed by atoms with van der Waals surface area (Å²) < 4.78 is 0. The Morgan fingerprint density at radius 3 is 2.75 bits per heavy atom. The maximum absolute atomic E-state index is 3.74. The first-order chi connectivity index (χ1) is 5.72. The van der Waals surface area contributed by atoms with E-state index in [0.717, 1.165) is 6.54 Å². The lowest BCUT2D eigenvalue weighted by Gasteiger charge is -2.09. The van der Waals surface area contributed by atoms with Crippen LogP contribution in [0.3, 0.4) is 0 Å². The van der Waals surface area contributed by atoms with Crippen LogP contribution < -0.4 is 5.32 Å². The molecule has 0 spiro atoms. The minimum atomic E-state index is 0.988. The van der Waals surface area contributed by atoms with Gasteiger partial charge >= 0.3 is 0 Å². The molecule has 0 unspecified atom stereocenters. The fraction of sp³-hybridized carbons (Fsp3) is 0.300. The SMILES string of the molecule is [CH2-][NH2+]c1cccc(CN(C)C)c1. The Kier molecular flexibility index (Phi) is 3.26. The number of hydrogen-bond donors (Lipinski definition) is 1. The van der Waals surface area contributed by atoms with Crippen molar-refractivity contribution in [1.29, 1.82) is 0 Å². The molecule has 0 aliphatic rings.